The maximum Gasteiger partial charge on any atom is 0.274 e. The van der Waals surface area contributed by atoms with Crippen LogP contribution in [-0.2, 0) is 9.47 Å². The highest BCUT2D eigenvalue weighted by molar-refractivity contribution is 6.00. The van der Waals surface area contributed by atoms with Crippen LogP contribution < -0.4 is 21.5 Å². The van der Waals surface area contributed by atoms with Gasteiger partial charge in [-0.2, -0.15) is 9.61 Å². The molecule has 4 atom stereocenters. The third-order valence-electron chi connectivity index (χ3n) is 7.83. The molecule has 0 radical (unpaired) electrons. The normalized spacial score (nSPS) is 23.8. The number of rotatable bonds is 8. The zero-order chi connectivity index (χ0) is 26.6. The van der Waals surface area contributed by atoms with Crippen LogP contribution in [0.4, 0.5) is 17.3 Å². The Morgan fingerprint density at radius 3 is 2.74 bits per heavy atom. The number of amides is 1. The van der Waals surface area contributed by atoms with Gasteiger partial charge in [0.25, 0.3) is 11.5 Å². The molecule has 3 aromatic rings. The molecule has 5 rings (SSSR count). The molecule has 11 heteroatoms. The summed E-state index contributed by atoms with van der Waals surface area (Å²) < 4.78 is 14.5. The SMILES string of the molecule is CNc1cc(Nc2cccn([C@H]3CCCC[C@H]3OC)c2=O)nc2c(C(=O)NC3CCC[C@H](OC)C3)cnn12. The maximum atomic E-state index is 13.5. The van der Waals surface area contributed by atoms with Crippen molar-refractivity contribution in [1.82, 2.24) is 24.5 Å². The Balaban J connectivity index is 1.42. The van der Waals surface area contributed by atoms with Gasteiger partial charge in [0, 0.05) is 39.6 Å². The lowest BCUT2D eigenvalue weighted by atomic mass is 9.92. The summed E-state index contributed by atoms with van der Waals surface area (Å²) in [5, 5.41) is 13.8. The van der Waals surface area contributed by atoms with Crippen molar-refractivity contribution < 1.29 is 14.3 Å². The monoisotopic (exact) mass is 523 g/mol. The first kappa shape index (κ1) is 26.2. The van der Waals surface area contributed by atoms with Crippen LogP contribution in [-0.4, -0.2) is 64.6 Å². The van der Waals surface area contributed by atoms with Crippen LogP contribution in [0.15, 0.2) is 35.4 Å². The lowest BCUT2D eigenvalue weighted by Gasteiger charge is -2.32. The van der Waals surface area contributed by atoms with Gasteiger partial charge < -0.3 is 30.0 Å². The molecule has 2 aliphatic carbocycles. The number of hydrogen-bond acceptors (Lipinski definition) is 8. The molecule has 38 heavy (non-hydrogen) atoms. The number of hydrogen-bond donors (Lipinski definition) is 3. The molecule has 3 heterocycles. The number of nitrogens with one attached hydrogen (secondary N) is 3. The second-order valence-electron chi connectivity index (χ2n) is 10.2. The number of pyridine rings is 1. The van der Waals surface area contributed by atoms with E-state index >= 15 is 0 Å². The highest BCUT2D eigenvalue weighted by Gasteiger charge is 2.28. The number of anilines is 3. The molecule has 0 aliphatic heterocycles. The minimum Gasteiger partial charge on any atom is -0.381 e. The van der Waals surface area contributed by atoms with Crippen LogP contribution in [0.3, 0.4) is 0 Å². The number of carbonyl (C=O) groups is 1. The molecule has 0 saturated heterocycles. The molecule has 1 unspecified atom stereocenters. The second kappa shape index (κ2) is 11.5. The predicted octanol–water partition coefficient (Wildman–Crippen LogP) is 3.49. The quantitative estimate of drug-likeness (QED) is 0.410. The van der Waals surface area contributed by atoms with Crippen LogP contribution in [0, 0.1) is 0 Å². The van der Waals surface area contributed by atoms with E-state index in [0.29, 0.717) is 28.5 Å². The van der Waals surface area contributed by atoms with Crippen molar-refractivity contribution in [1.29, 1.82) is 0 Å². The largest absolute Gasteiger partial charge is 0.381 e. The van der Waals surface area contributed by atoms with Crippen molar-refractivity contribution >= 4 is 28.9 Å². The minimum atomic E-state index is -0.224. The fraction of sp³-hybridized carbons (Fsp3) is 0.556. The third kappa shape index (κ3) is 5.25. The summed E-state index contributed by atoms with van der Waals surface area (Å²) in [6, 6.07) is 5.40. The van der Waals surface area contributed by atoms with E-state index in [1.54, 1.807) is 42.5 Å². The first-order chi connectivity index (χ1) is 18.5. The number of methoxy groups -OCH3 is 2. The Labute approximate surface area is 221 Å². The van der Waals surface area contributed by atoms with Crippen molar-refractivity contribution in [3.05, 3.63) is 46.5 Å². The molecule has 2 saturated carbocycles. The fourth-order valence-corrected chi connectivity index (χ4v) is 5.79. The molecule has 204 valence electrons. The predicted molar refractivity (Wildman–Crippen MR) is 145 cm³/mol. The van der Waals surface area contributed by atoms with Crippen molar-refractivity contribution in [2.75, 3.05) is 31.9 Å². The molecule has 2 fully saturated rings. The zero-order valence-electron chi connectivity index (χ0n) is 22.3. The second-order valence-corrected chi connectivity index (χ2v) is 10.2. The van der Waals surface area contributed by atoms with Crippen LogP contribution in [0.1, 0.15) is 67.8 Å². The lowest BCUT2D eigenvalue weighted by molar-refractivity contribution is 0.0278. The van der Waals surface area contributed by atoms with E-state index in [2.05, 4.69) is 26.0 Å². The average Bonchev–Trinajstić information content (AvgIpc) is 3.38. The fourth-order valence-electron chi connectivity index (χ4n) is 5.79. The van der Waals surface area contributed by atoms with E-state index in [4.69, 9.17) is 9.47 Å². The lowest BCUT2D eigenvalue weighted by Crippen LogP contribution is -2.40. The summed E-state index contributed by atoms with van der Waals surface area (Å²) in [4.78, 5) is 31.4. The van der Waals surface area contributed by atoms with Crippen LogP contribution in [0.2, 0.25) is 0 Å². The molecule has 3 N–H and O–H groups in total. The van der Waals surface area contributed by atoms with Gasteiger partial charge >= 0.3 is 0 Å². The van der Waals surface area contributed by atoms with E-state index in [0.717, 1.165) is 51.4 Å². The topological polar surface area (TPSA) is 124 Å². The Morgan fingerprint density at radius 1 is 1.11 bits per heavy atom. The minimum absolute atomic E-state index is 0.00562. The highest BCUT2D eigenvalue weighted by atomic mass is 16.5. The standard InChI is InChI=1S/C27H37N7O4/c1-28-24-15-23(31-20-10-7-13-33(27(20)36)21-11-4-5-12-22(21)38-3)32-25-19(16-29-34(24)25)26(35)30-17-8-6-9-18(14-17)37-2/h7,10,13,15-18,21-22,28H,4-6,8-9,11-12,14H2,1-3H3,(H,30,35)(H,31,32)/t17?,18-,21-,22+/m0/s1. The molecule has 2 aliphatic rings. The van der Waals surface area contributed by atoms with E-state index in [1.807, 2.05) is 12.3 Å². The number of aromatic nitrogens is 4. The molecule has 0 spiro atoms. The van der Waals surface area contributed by atoms with Crippen LogP contribution in [0.5, 0.6) is 0 Å². The molecular weight excluding hydrogens is 486 g/mol. The maximum absolute atomic E-state index is 13.5. The van der Waals surface area contributed by atoms with E-state index in [9.17, 15) is 9.59 Å². The molecule has 11 nitrogen and oxygen atoms in total. The van der Waals surface area contributed by atoms with Gasteiger partial charge in [-0.1, -0.05) is 12.8 Å². The molecule has 3 aromatic heterocycles. The average molecular weight is 524 g/mol. The van der Waals surface area contributed by atoms with Gasteiger partial charge in [-0.05, 0) is 50.7 Å². The van der Waals surface area contributed by atoms with Gasteiger partial charge in [-0.15, -0.1) is 0 Å². The summed E-state index contributed by atoms with van der Waals surface area (Å²) >= 11 is 0. The van der Waals surface area contributed by atoms with Gasteiger partial charge in [0.1, 0.15) is 22.9 Å². The Bertz CT molecular complexity index is 1340. The van der Waals surface area contributed by atoms with Crippen molar-refractivity contribution in [3.63, 3.8) is 0 Å². The van der Waals surface area contributed by atoms with Gasteiger partial charge in [0.15, 0.2) is 5.65 Å². The summed E-state index contributed by atoms with van der Waals surface area (Å²) in [7, 11) is 5.19. The number of carbonyl (C=O) groups excluding carboxylic acids is 1. The van der Waals surface area contributed by atoms with Gasteiger partial charge in [-0.3, -0.25) is 9.59 Å². The first-order valence-corrected chi connectivity index (χ1v) is 13.4. The summed E-state index contributed by atoms with van der Waals surface area (Å²) in [6.45, 7) is 0. The Morgan fingerprint density at radius 2 is 1.95 bits per heavy atom. The molecule has 1 amide bonds. The van der Waals surface area contributed by atoms with Crippen molar-refractivity contribution in [2.24, 2.45) is 0 Å². The third-order valence-corrected chi connectivity index (χ3v) is 7.83. The molecule has 0 aromatic carbocycles. The first-order valence-electron chi connectivity index (χ1n) is 13.4. The van der Waals surface area contributed by atoms with Gasteiger partial charge in [0.05, 0.1) is 24.4 Å². The smallest absolute Gasteiger partial charge is 0.274 e. The number of fused-ring (bicyclic) bond motifs is 1. The zero-order valence-corrected chi connectivity index (χ0v) is 22.3. The number of nitrogens with zero attached hydrogens (tertiary/aromatic N) is 4. The molecular formula is C27H37N7O4. The van der Waals surface area contributed by atoms with Gasteiger partial charge in [0.2, 0.25) is 0 Å². The summed E-state index contributed by atoms with van der Waals surface area (Å²) in [6.07, 6.45) is 11.3. The van der Waals surface area contributed by atoms with E-state index < -0.39 is 0 Å². The van der Waals surface area contributed by atoms with Crippen molar-refractivity contribution in [3.8, 4) is 0 Å². The molecule has 0 bridgehead atoms. The van der Waals surface area contributed by atoms with Gasteiger partial charge in [-0.25, -0.2) is 4.98 Å². The van der Waals surface area contributed by atoms with Crippen LogP contribution >= 0.6 is 0 Å². The Hall–Kier alpha value is -3.44. The summed E-state index contributed by atoms with van der Waals surface area (Å²) in [5.41, 5.74) is 1.05. The van der Waals surface area contributed by atoms with E-state index in [1.165, 1.54) is 6.20 Å². The highest BCUT2D eigenvalue weighted by Crippen LogP contribution is 2.30. The van der Waals surface area contributed by atoms with Crippen molar-refractivity contribution in [2.45, 2.75) is 75.7 Å². The Kier molecular flexibility index (Phi) is 7.94. The van der Waals surface area contributed by atoms with Crippen LogP contribution in [0.25, 0.3) is 5.65 Å². The summed E-state index contributed by atoms with van der Waals surface area (Å²) in [5.74, 6) is 0.852. The van der Waals surface area contributed by atoms with E-state index in [-0.39, 0.29) is 35.8 Å². The number of ether oxygens (including phenoxy) is 2.